The molecule has 0 heterocycles. The molecule has 1 fully saturated rings. The second kappa shape index (κ2) is 13.8. The van der Waals surface area contributed by atoms with E-state index in [9.17, 15) is 0 Å². The Balaban J connectivity index is 1.17. The molecule has 0 spiro atoms. The van der Waals surface area contributed by atoms with E-state index in [0.717, 1.165) is 11.4 Å². The standard InChI is InChI=1S/C50H41N/c1-3-13-36(14-4-1)38-25-27-39(28-26-38)40-29-32-44(33-30-40)51(45-34-31-37-15-7-8-18-43(37)35-45)49-24-10-9-21-47(49)48-23-12-20-42-19-11-22-46(50(42)48)41-16-5-2-6-17-41/h1,3-4,7-15,18-35,41H,2,5-6,16-17H2. The highest BCUT2D eigenvalue weighted by Gasteiger charge is 2.22. The Bertz CT molecular complexity index is 2430. The van der Waals surface area contributed by atoms with E-state index in [2.05, 4.69) is 187 Å². The fourth-order valence-corrected chi connectivity index (χ4v) is 8.28. The lowest BCUT2D eigenvalue weighted by atomic mass is 9.80. The smallest absolute Gasteiger partial charge is 0.0540 e. The Morgan fingerprint density at radius 1 is 0.373 bits per heavy atom. The van der Waals surface area contributed by atoms with Gasteiger partial charge in [0.15, 0.2) is 0 Å². The van der Waals surface area contributed by atoms with Gasteiger partial charge in [0, 0.05) is 16.9 Å². The van der Waals surface area contributed by atoms with Crippen LogP contribution in [0.4, 0.5) is 17.1 Å². The second-order valence-corrected chi connectivity index (χ2v) is 14.0. The molecule has 0 amide bonds. The zero-order chi connectivity index (χ0) is 34.0. The van der Waals surface area contributed by atoms with Crippen LogP contribution in [0.2, 0.25) is 0 Å². The minimum absolute atomic E-state index is 0.613. The maximum Gasteiger partial charge on any atom is 0.0540 e. The molecule has 0 unspecified atom stereocenters. The van der Waals surface area contributed by atoms with Crippen molar-refractivity contribution in [3.05, 3.63) is 188 Å². The van der Waals surface area contributed by atoms with Crippen molar-refractivity contribution in [2.45, 2.75) is 38.0 Å². The predicted octanol–water partition coefficient (Wildman–Crippen LogP) is 14.5. The van der Waals surface area contributed by atoms with Gasteiger partial charge in [-0.1, -0.05) is 171 Å². The Kier molecular flexibility index (Phi) is 8.39. The van der Waals surface area contributed by atoms with Crippen LogP contribution in [-0.2, 0) is 0 Å². The molecule has 0 atom stereocenters. The van der Waals surface area contributed by atoms with Crippen molar-refractivity contribution < 1.29 is 0 Å². The van der Waals surface area contributed by atoms with E-state index in [1.807, 2.05) is 0 Å². The summed E-state index contributed by atoms with van der Waals surface area (Å²) in [5.74, 6) is 0.613. The molecule has 246 valence electrons. The monoisotopic (exact) mass is 655 g/mol. The lowest BCUT2D eigenvalue weighted by molar-refractivity contribution is 0.445. The van der Waals surface area contributed by atoms with E-state index in [0.29, 0.717) is 5.92 Å². The van der Waals surface area contributed by atoms with E-state index in [4.69, 9.17) is 0 Å². The molecule has 0 N–H and O–H groups in total. The SMILES string of the molecule is c1ccc(-c2ccc(-c3ccc(N(c4ccc5ccccc5c4)c4ccccc4-c4cccc5cccc(C6CCCCC6)c45)cc3)cc2)cc1. The van der Waals surface area contributed by atoms with E-state index < -0.39 is 0 Å². The Labute approximate surface area is 301 Å². The predicted molar refractivity (Wildman–Crippen MR) is 218 cm³/mol. The van der Waals surface area contributed by atoms with Crippen LogP contribution in [0.3, 0.4) is 0 Å². The summed E-state index contributed by atoms with van der Waals surface area (Å²) in [7, 11) is 0. The fourth-order valence-electron chi connectivity index (χ4n) is 8.28. The van der Waals surface area contributed by atoms with Gasteiger partial charge in [-0.25, -0.2) is 0 Å². The summed E-state index contributed by atoms with van der Waals surface area (Å²) in [5.41, 5.74) is 12.4. The van der Waals surface area contributed by atoms with Gasteiger partial charge in [-0.3, -0.25) is 0 Å². The number of anilines is 3. The molecule has 1 aliphatic rings. The highest BCUT2D eigenvalue weighted by Crippen LogP contribution is 2.46. The van der Waals surface area contributed by atoms with Crippen LogP contribution in [0, 0.1) is 0 Å². The van der Waals surface area contributed by atoms with Crippen molar-refractivity contribution >= 4 is 38.6 Å². The fraction of sp³-hybridized carbons (Fsp3) is 0.120. The topological polar surface area (TPSA) is 3.24 Å². The minimum Gasteiger partial charge on any atom is -0.310 e. The van der Waals surface area contributed by atoms with Crippen molar-refractivity contribution in [1.29, 1.82) is 0 Å². The molecular weight excluding hydrogens is 615 g/mol. The maximum absolute atomic E-state index is 2.45. The van der Waals surface area contributed by atoms with E-state index in [1.165, 1.54) is 98.3 Å². The van der Waals surface area contributed by atoms with Crippen molar-refractivity contribution in [2.75, 3.05) is 4.90 Å². The van der Waals surface area contributed by atoms with Crippen molar-refractivity contribution in [1.82, 2.24) is 0 Å². The molecule has 1 heteroatoms. The van der Waals surface area contributed by atoms with E-state index >= 15 is 0 Å². The molecule has 51 heavy (non-hydrogen) atoms. The molecule has 8 aromatic carbocycles. The van der Waals surface area contributed by atoms with Gasteiger partial charge in [-0.2, -0.15) is 0 Å². The number of rotatable bonds is 7. The summed E-state index contributed by atoms with van der Waals surface area (Å²) in [6, 6.07) is 66.9. The summed E-state index contributed by atoms with van der Waals surface area (Å²) in [4.78, 5) is 2.45. The summed E-state index contributed by atoms with van der Waals surface area (Å²) >= 11 is 0. The Hall–Kier alpha value is -5.92. The van der Waals surface area contributed by atoms with Gasteiger partial charge in [-0.15, -0.1) is 0 Å². The first-order chi connectivity index (χ1) is 25.3. The third-order valence-electron chi connectivity index (χ3n) is 10.9. The van der Waals surface area contributed by atoms with Crippen LogP contribution in [0.1, 0.15) is 43.6 Å². The largest absolute Gasteiger partial charge is 0.310 e. The van der Waals surface area contributed by atoms with Gasteiger partial charge in [0.05, 0.1) is 5.69 Å². The van der Waals surface area contributed by atoms with Gasteiger partial charge in [-0.05, 0) is 104 Å². The van der Waals surface area contributed by atoms with Crippen LogP contribution in [0.25, 0.3) is 54.9 Å². The number of benzene rings is 8. The maximum atomic E-state index is 2.45. The van der Waals surface area contributed by atoms with Gasteiger partial charge < -0.3 is 4.90 Å². The van der Waals surface area contributed by atoms with E-state index in [1.54, 1.807) is 0 Å². The summed E-state index contributed by atoms with van der Waals surface area (Å²) in [6.07, 6.45) is 6.56. The van der Waals surface area contributed by atoms with Crippen LogP contribution in [0.15, 0.2) is 182 Å². The molecule has 0 bridgehead atoms. The highest BCUT2D eigenvalue weighted by atomic mass is 15.1. The quantitative estimate of drug-likeness (QED) is 0.165. The van der Waals surface area contributed by atoms with Crippen LogP contribution >= 0.6 is 0 Å². The second-order valence-electron chi connectivity index (χ2n) is 14.0. The molecule has 1 saturated carbocycles. The molecule has 8 aromatic rings. The molecule has 1 aliphatic carbocycles. The lowest BCUT2D eigenvalue weighted by Gasteiger charge is -2.29. The third-order valence-corrected chi connectivity index (χ3v) is 10.9. The number of nitrogens with zero attached hydrogens (tertiary/aromatic N) is 1. The average Bonchev–Trinajstić information content (AvgIpc) is 3.22. The number of hydrogen-bond donors (Lipinski definition) is 0. The van der Waals surface area contributed by atoms with Gasteiger partial charge in [0.2, 0.25) is 0 Å². The number of fused-ring (bicyclic) bond motifs is 2. The van der Waals surface area contributed by atoms with Crippen LogP contribution in [-0.4, -0.2) is 0 Å². The van der Waals surface area contributed by atoms with Gasteiger partial charge >= 0.3 is 0 Å². The molecule has 0 radical (unpaired) electrons. The van der Waals surface area contributed by atoms with Gasteiger partial charge in [0.1, 0.15) is 0 Å². The Morgan fingerprint density at radius 3 is 1.67 bits per heavy atom. The van der Waals surface area contributed by atoms with E-state index in [-0.39, 0.29) is 0 Å². The van der Waals surface area contributed by atoms with Crippen LogP contribution < -0.4 is 4.90 Å². The molecule has 0 saturated heterocycles. The lowest BCUT2D eigenvalue weighted by Crippen LogP contribution is -2.11. The van der Waals surface area contributed by atoms with Crippen molar-refractivity contribution in [3.63, 3.8) is 0 Å². The zero-order valence-electron chi connectivity index (χ0n) is 28.9. The van der Waals surface area contributed by atoms with Gasteiger partial charge in [0.25, 0.3) is 0 Å². The minimum atomic E-state index is 0.613. The first-order valence-corrected chi connectivity index (χ1v) is 18.5. The third kappa shape index (κ3) is 6.10. The molecular formula is C50H41N. The summed E-state index contributed by atoms with van der Waals surface area (Å²) in [6.45, 7) is 0. The molecule has 0 aromatic heterocycles. The van der Waals surface area contributed by atoms with Crippen molar-refractivity contribution in [2.24, 2.45) is 0 Å². The number of para-hydroxylation sites is 1. The molecule has 0 aliphatic heterocycles. The Morgan fingerprint density at radius 2 is 0.922 bits per heavy atom. The average molecular weight is 656 g/mol. The first kappa shape index (κ1) is 31.1. The van der Waals surface area contributed by atoms with Crippen molar-refractivity contribution in [3.8, 4) is 33.4 Å². The molecule has 1 nitrogen and oxygen atoms in total. The molecule has 9 rings (SSSR count). The van der Waals surface area contributed by atoms with Crippen LogP contribution in [0.5, 0.6) is 0 Å². The summed E-state index contributed by atoms with van der Waals surface area (Å²) < 4.78 is 0. The normalized spacial score (nSPS) is 13.4. The first-order valence-electron chi connectivity index (χ1n) is 18.5. The highest BCUT2D eigenvalue weighted by molar-refractivity contribution is 6.03. The zero-order valence-corrected chi connectivity index (χ0v) is 28.9. The summed E-state index contributed by atoms with van der Waals surface area (Å²) in [5, 5.41) is 5.21. The number of hydrogen-bond acceptors (Lipinski definition) is 1.